The Morgan fingerprint density at radius 1 is 1.07 bits per heavy atom. The van der Waals surface area contributed by atoms with Crippen molar-refractivity contribution in [3.63, 3.8) is 0 Å². The number of carbonyl (C=O) groups is 4. The number of rotatable bonds is 5. The predicted octanol–water partition coefficient (Wildman–Crippen LogP) is 1.69. The lowest BCUT2D eigenvalue weighted by atomic mass is 10.1. The second-order valence-electron chi connectivity index (χ2n) is 8.52. The van der Waals surface area contributed by atoms with Gasteiger partial charge < -0.3 is 24.8 Å². The molecule has 27 heavy (non-hydrogen) atoms. The normalized spacial score (nSPS) is 18.6. The van der Waals surface area contributed by atoms with Crippen LogP contribution in [0, 0.1) is 0 Å². The van der Waals surface area contributed by atoms with Crippen molar-refractivity contribution in [2.75, 3.05) is 6.54 Å². The van der Waals surface area contributed by atoms with Gasteiger partial charge in [-0.05, 0) is 54.4 Å². The topological polar surface area (TPSA) is 122 Å². The number of nitrogens with zero attached hydrogens (tertiary/aromatic N) is 1. The number of amides is 2. The number of carboxylic acid groups (broad SMARTS) is 1. The highest BCUT2D eigenvalue weighted by Crippen LogP contribution is 2.20. The van der Waals surface area contributed by atoms with Crippen molar-refractivity contribution in [3.05, 3.63) is 0 Å². The van der Waals surface area contributed by atoms with Gasteiger partial charge in [0.05, 0.1) is 6.42 Å². The first kappa shape index (κ1) is 22.7. The van der Waals surface area contributed by atoms with Crippen LogP contribution < -0.4 is 5.32 Å². The molecule has 2 N–H and O–H groups in total. The van der Waals surface area contributed by atoms with E-state index in [4.69, 9.17) is 9.47 Å². The summed E-state index contributed by atoms with van der Waals surface area (Å²) in [4.78, 5) is 49.7. The Bertz CT molecular complexity index is 559. The van der Waals surface area contributed by atoms with Crippen molar-refractivity contribution >= 4 is 23.9 Å². The van der Waals surface area contributed by atoms with Crippen molar-refractivity contribution in [1.82, 2.24) is 10.2 Å². The van der Waals surface area contributed by atoms with Crippen LogP contribution in [0.1, 0.15) is 60.8 Å². The molecule has 0 bridgehead atoms. The number of nitrogens with one attached hydrogen (secondary N) is 1. The lowest BCUT2D eigenvalue weighted by Gasteiger charge is -2.28. The average molecular weight is 386 g/mol. The molecule has 0 saturated carbocycles. The Hall–Kier alpha value is -2.32. The number of aliphatic carboxylic acids is 1. The maximum atomic E-state index is 12.8. The number of ether oxygens (including phenoxy) is 2. The highest BCUT2D eigenvalue weighted by Gasteiger charge is 2.39. The molecule has 1 rings (SSSR count). The largest absolute Gasteiger partial charge is 0.480 e. The summed E-state index contributed by atoms with van der Waals surface area (Å²) >= 11 is 0. The van der Waals surface area contributed by atoms with Gasteiger partial charge in [-0.15, -0.1) is 0 Å². The SMILES string of the molecule is CC(C)(C)OC(=O)C[C@H](NC(=O)OC(C)(C)C)C(=O)N1CCC[C@H]1C(=O)O. The summed E-state index contributed by atoms with van der Waals surface area (Å²) in [7, 11) is 0. The fourth-order valence-electron chi connectivity index (χ4n) is 2.69. The van der Waals surface area contributed by atoms with Crippen LogP contribution >= 0.6 is 0 Å². The molecule has 0 aromatic rings. The smallest absolute Gasteiger partial charge is 0.408 e. The molecule has 1 heterocycles. The monoisotopic (exact) mass is 386 g/mol. The molecule has 9 heteroatoms. The van der Waals surface area contributed by atoms with Gasteiger partial charge in [-0.2, -0.15) is 0 Å². The van der Waals surface area contributed by atoms with Crippen LogP contribution in [-0.4, -0.2) is 63.8 Å². The van der Waals surface area contributed by atoms with Crippen LogP contribution in [0.5, 0.6) is 0 Å². The molecule has 2 atom stereocenters. The fourth-order valence-corrected chi connectivity index (χ4v) is 2.69. The molecule has 0 aliphatic carbocycles. The Labute approximate surface area is 159 Å². The highest BCUT2D eigenvalue weighted by atomic mass is 16.6. The summed E-state index contributed by atoms with van der Waals surface area (Å²) in [6.45, 7) is 10.3. The molecular formula is C18H30N2O7. The quantitative estimate of drug-likeness (QED) is 0.689. The minimum absolute atomic E-state index is 0.247. The van der Waals surface area contributed by atoms with Crippen LogP contribution in [0.25, 0.3) is 0 Å². The van der Waals surface area contributed by atoms with Gasteiger partial charge in [-0.3, -0.25) is 9.59 Å². The van der Waals surface area contributed by atoms with Gasteiger partial charge >= 0.3 is 18.0 Å². The van der Waals surface area contributed by atoms with Crippen molar-refractivity contribution in [3.8, 4) is 0 Å². The third kappa shape index (κ3) is 7.84. The van der Waals surface area contributed by atoms with Crippen LogP contribution in [0.15, 0.2) is 0 Å². The Morgan fingerprint density at radius 3 is 2.11 bits per heavy atom. The van der Waals surface area contributed by atoms with Crippen molar-refractivity contribution in [1.29, 1.82) is 0 Å². The van der Waals surface area contributed by atoms with E-state index in [0.29, 0.717) is 12.8 Å². The van der Waals surface area contributed by atoms with E-state index in [-0.39, 0.29) is 6.54 Å². The maximum Gasteiger partial charge on any atom is 0.408 e. The molecule has 1 saturated heterocycles. The zero-order valence-corrected chi connectivity index (χ0v) is 16.8. The van der Waals surface area contributed by atoms with Crippen LogP contribution in [0.3, 0.4) is 0 Å². The molecule has 2 amide bonds. The number of carbonyl (C=O) groups excluding carboxylic acids is 3. The minimum atomic E-state index is -1.27. The minimum Gasteiger partial charge on any atom is -0.480 e. The lowest BCUT2D eigenvalue weighted by Crippen LogP contribution is -2.53. The summed E-state index contributed by atoms with van der Waals surface area (Å²) in [5, 5.41) is 11.7. The van der Waals surface area contributed by atoms with Gasteiger partial charge in [0.2, 0.25) is 5.91 Å². The maximum absolute atomic E-state index is 12.8. The van der Waals surface area contributed by atoms with E-state index >= 15 is 0 Å². The second kappa shape index (κ2) is 8.58. The first-order valence-corrected chi connectivity index (χ1v) is 8.94. The average Bonchev–Trinajstić information content (AvgIpc) is 2.90. The molecular weight excluding hydrogens is 356 g/mol. The number of likely N-dealkylation sites (tertiary alicyclic amines) is 1. The summed E-state index contributed by atoms with van der Waals surface area (Å²) in [6, 6.07) is -2.24. The number of alkyl carbamates (subject to hydrolysis) is 1. The molecule has 0 aromatic heterocycles. The molecule has 0 unspecified atom stereocenters. The van der Waals surface area contributed by atoms with E-state index < -0.39 is 53.6 Å². The predicted molar refractivity (Wildman–Crippen MR) is 96.0 cm³/mol. The van der Waals surface area contributed by atoms with E-state index in [1.165, 1.54) is 4.90 Å². The van der Waals surface area contributed by atoms with Gasteiger partial charge in [0.25, 0.3) is 0 Å². The number of esters is 1. The zero-order valence-electron chi connectivity index (χ0n) is 16.8. The van der Waals surface area contributed by atoms with Crippen molar-refractivity contribution < 1.29 is 33.8 Å². The number of hydrogen-bond acceptors (Lipinski definition) is 6. The van der Waals surface area contributed by atoms with E-state index in [1.54, 1.807) is 41.5 Å². The van der Waals surface area contributed by atoms with E-state index in [2.05, 4.69) is 5.32 Å². The second-order valence-corrected chi connectivity index (χ2v) is 8.52. The fraction of sp³-hybridized carbons (Fsp3) is 0.778. The number of carboxylic acids is 1. The van der Waals surface area contributed by atoms with Gasteiger partial charge in [0.15, 0.2) is 0 Å². The van der Waals surface area contributed by atoms with Crippen LogP contribution in [0.4, 0.5) is 4.79 Å². The van der Waals surface area contributed by atoms with Crippen LogP contribution in [0.2, 0.25) is 0 Å². The van der Waals surface area contributed by atoms with Crippen molar-refractivity contribution in [2.24, 2.45) is 0 Å². The van der Waals surface area contributed by atoms with E-state index in [1.807, 2.05) is 0 Å². The highest BCUT2D eigenvalue weighted by molar-refractivity contribution is 5.92. The Kier molecular flexibility index (Phi) is 7.22. The molecule has 9 nitrogen and oxygen atoms in total. The lowest BCUT2D eigenvalue weighted by molar-refractivity contribution is -0.157. The summed E-state index contributed by atoms with van der Waals surface area (Å²) in [6.07, 6.45) is -0.422. The standard InChI is InChI=1S/C18H30N2O7/c1-17(2,3)26-13(21)10-11(19-16(25)27-18(4,5)6)14(22)20-9-7-8-12(20)15(23)24/h11-12H,7-10H2,1-6H3,(H,19,25)(H,23,24)/t11-,12-/m0/s1. The van der Waals surface area contributed by atoms with E-state index in [9.17, 15) is 24.3 Å². The molecule has 0 aromatic carbocycles. The summed E-state index contributed by atoms with van der Waals surface area (Å²) in [5.74, 6) is -2.44. The first-order valence-electron chi connectivity index (χ1n) is 8.94. The third-order valence-corrected chi connectivity index (χ3v) is 3.60. The van der Waals surface area contributed by atoms with Gasteiger partial charge in [-0.1, -0.05) is 0 Å². The summed E-state index contributed by atoms with van der Waals surface area (Å²) in [5.41, 5.74) is -1.55. The number of hydrogen-bond donors (Lipinski definition) is 2. The molecule has 1 aliphatic heterocycles. The van der Waals surface area contributed by atoms with Gasteiger partial charge in [-0.25, -0.2) is 9.59 Å². The Balaban J connectivity index is 2.95. The molecule has 0 radical (unpaired) electrons. The first-order chi connectivity index (χ1) is 12.2. The third-order valence-electron chi connectivity index (χ3n) is 3.60. The molecule has 1 fully saturated rings. The van der Waals surface area contributed by atoms with Crippen LogP contribution in [-0.2, 0) is 23.9 Å². The van der Waals surface area contributed by atoms with Crippen molar-refractivity contribution in [2.45, 2.75) is 84.1 Å². The molecule has 154 valence electrons. The zero-order chi connectivity index (χ0) is 21.0. The van der Waals surface area contributed by atoms with Gasteiger partial charge in [0, 0.05) is 6.54 Å². The Morgan fingerprint density at radius 2 is 1.63 bits per heavy atom. The van der Waals surface area contributed by atoms with Gasteiger partial charge in [0.1, 0.15) is 23.3 Å². The molecule has 1 aliphatic rings. The van der Waals surface area contributed by atoms with E-state index in [0.717, 1.165) is 0 Å². The summed E-state index contributed by atoms with van der Waals surface area (Å²) < 4.78 is 10.4. The molecule has 0 spiro atoms.